The van der Waals surface area contributed by atoms with Gasteiger partial charge in [-0.1, -0.05) is 18.2 Å². The van der Waals surface area contributed by atoms with Crippen molar-refractivity contribution < 1.29 is 28.6 Å². The molecule has 1 aliphatic carbocycles. The predicted molar refractivity (Wildman–Crippen MR) is 155 cm³/mol. The van der Waals surface area contributed by atoms with Crippen LogP contribution in [0.3, 0.4) is 0 Å². The van der Waals surface area contributed by atoms with Crippen LogP contribution in [0.2, 0.25) is 0 Å². The zero-order chi connectivity index (χ0) is 29.0. The Labute approximate surface area is 241 Å². The highest BCUT2D eigenvalue weighted by atomic mass is 19.1. The van der Waals surface area contributed by atoms with Crippen LogP contribution in [0.15, 0.2) is 60.5 Å². The summed E-state index contributed by atoms with van der Waals surface area (Å²) >= 11 is 0. The van der Waals surface area contributed by atoms with Crippen molar-refractivity contribution in [2.24, 2.45) is 5.41 Å². The van der Waals surface area contributed by atoms with Crippen LogP contribution >= 0.6 is 0 Å². The number of allylic oxidation sites excluding steroid dienone is 4. The van der Waals surface area contributed by atoms with E-state index < -0.39 is 5.97 Å². The Morgan fingerprint density at radius 1 is 1.02 bits per heavy atom. The van der Waals surface area contributed by atoms with E-state index >= 15 is 0 Å². The number of halogens is 1. The van der Waals surface area contributed by atoms with Gasteiger partial charge in [0.1, 0.15) is 17.3 Å². The molecule has 3 aliphatic rings. The number of rotatable bonds is 10. The van der Waals surface area contributed by atoms with Crippen molar-refractivity contribution >= 4 is 11.9 Å². The molecule has 1 N–H and O–H groups in total. The van der Waals surface area contributed by atoms with E-state index in [0.29, 0.717) is 32.6 Å². The number of benzene rings is 2. The predicted octanol–water partition coefficient (Wildman–Crippen LogP) is 6.09. The van der Waals surface area contributed by atoms with Crippen molar-refractivity contribution in [3.8, 4) is 11.5 Å². The number of aromatic carboxylic acids is 1. The second-order valence-corrected chi connectivity index (χ2v) is 11.4. The molecule has 1 atom stereocenters. The molecular weight excluding hydrogens is 523 g/mol. The first-order valence-electron chi connectivity index (χ1n) is 14.6. The zero-order valence-electron chi connectivity index (χ0n) is 23.9. The number of carboxylic acid groups (broad SMARTS) is 1. The number of piperidine rings is 1. The zero-order valence-corrected chi connectivity index (χ0v) is 23.9. The molecule has 0 bridgehead atoms. The quantitative estimate of drug-likeness (QED) is 0.377. The van der Waals surface area contributed by atoms with E-state index in [1.165, 1.54) is 6.08 Å². The number of ether oxygens (including phenoxy) is 2. The minimum Gasteiger partial charge on any atom is -0.493 e. The van der Waals surface area contributed by atoms with Crippen LogP contribution in [0, 0.1) is 5.41 Å². The highest BCUT2D eigenvalue weighted by Gasteiger charge is 2.44. The van der Waals surface area contributed by atoms with Gasteiger partial charge in [-0.05, 0) is 99.2 Å². The first-order valence-corrected chi connectivity index (χ1v) is 14.6. The number of carboxylic acids is 1. The van der Waals surface area contributed by atoms with Gasteiger partial charge in [-0.3, -0.25) is 9.69 Å². The standard InChI is InChI=1S/C33H39FN2O5/c1-3-40-28-17-24(18-29(41-4-2)31(28)25-9-11-27(34)12-10-25)20-35-15-13-33(14-16-35)19-30(37)36(22-33)21-23-5-7-26(8-6-23)32(38)39/h5-9,11-12,17-18,25H,3-4,10,13-16,19-22H2,1-2H3,(H,38,39). The summed E-state index contributed by atoms with van der Waals surface area (Å²) in [4.78, 5) is 28.4. The highest BCUT2D eigenvalue weighted by Crippen LogP contribution is 2.44. The fourth-order valence-corrected chi connectivity index (χ4v) is 6.35. The molecule has 0 saturated carbocycles. The molecule has 1 amide bonds. The molecule has 5 rings (SSSR count). The Kier molecular flexibility index (Phi) is 8.78. The van der Waals surface area contributed by atoms with Gasteiger partial charge in [0.05, 0.1) is 18.8 Å². The van der Waals surface area contributed by atoms with Crippen LogP contribution in [-0.4, -0.2) is 59.6 Å². The summed E-state index contributed by atoms with van der Waals surface area (Å²) in [5.41, 5.74) is 3.27. The van der Waals surface area contributed by atoms with Crippen molar-refractivity contribution in [1.82, 2.24) is 9.80 Å². The second kappa shape index (κ2) is 12.5. The number of carbonyl (C=O) groups excluding carboxylic acids is 1. The number of hydrogen-bond acceptors (Lipinski definition) is 5. The average Bonchev–Trinajstić information content (AvgIpc) is 3.25. The molecular formula is C33H39FN2O5. The molecule has 2 aromatic carbocycles. The smallest absolute Gasteiger partial charge is 0.335 e. The number of likely N-dealkylation sites (tertiary alicyclic amines) is 2. The molecule has 2 heterocycles. The number of carbonyl (C=O) groups is 2. The van der Waals surface area contributed by atoms with Gasteiger partial charge in [-0.2, -0.15) is 0 Å². The lowest BCUT2D eigenvalue weighted by Gasteiger charge is -2.39. The maximum absolute atomic E-state index is 13.6. The van der Waals surface area contributed by atoms with Gasteiger partial charge in [-0.15, -0.1) is 0 Å². The summed E-state index contributed by atoms with van der Waals surface area (Å²) in [6.45, 7) is 8.81. The number of amides is 1. The largest absolute Gasteiger partial charge is 0.493 e. The lowest BCUT2D eigenvalue weighted by molar-refractivity contribution is -0.128. The lowest BCUT2D eigenvalue weighted by atomic mass is 9.77. The summed E-state index contributed by atoms with van der Waals surface area (Å²) in [6.07, 6.45) is 8.05. The highest BCUT2D eigenvalue weighted by molar-refractivity contribution is 5.87. The molecule has 1 unspecified atom stereocenters. The number of nitrogens with zero attached hydrogens (tertiary/aromatic N) is 2. The third-order valence-electron chi connectivity index (χ3n) is 8.49. The van der Waals surface area contributed by atoms with E-state index in [1.807, 2.05) is 24.8 Å². The van der Waals surface area contributed by atoms with Crippen LogP contribution in [0.1, 0.15) is 72.5 Å². The SMILES string of the molecule is CCOc1cc(CN2CCC3(CC2)CC(=O)N(Cc2ccc(C(=O)O)cc2)C3)cc(OCC)c1C1C=CC(F)=CC1. The lowest BCUT2D eigenvalue weighted by Crippen LogP contribution is -2.41. The van der Waals surface area contributed by atoms with Crippen LogP contribution in [0.25, 0.3) is 0 Å². The number of hydrogen-bond donors (Lipinski definition) is 1. The molecule has 0 aromatic heterocycles. The summed E-state index contributed by atoms with van der Waals surface area (Å²) < 4.78 is 25.8. The fourth-order valence-electron chi connectivity index (χ4n) is 6.35. The molecule has 2 aromatic rings. The maximum atomic E-state index is 13.6. The van der Waals surface area contributed by atoms with Crippen LogP contribution in [0.4, 0.5) is 4.39 Å². The Bertz CT molecular complexity index is 1300. The summed E-state index contributed by atoms with van der Waals surface area (Å²) in [7, 11) is 0. The van der Waals surface area contributed by atoms with E-state index in [2.05, 4.69) is 17.0 Å². The van der Waals surface area contributed by atoms with E-state index in [4.69, 9.17) is 14.6 Å². The van der Waals surface area contributed by atoms with Gasteiger partial charge in [0.2, 0.25) is 5.91 Å². The van der Waals surface area contributed by atoms with Gasteiger partial charge in [0.25, 0.3) is 0 Å². The minimum atomic E-state index is -0.950. The molecule has 7 nitrogen and oxygen atoms in total. The van der Waals surface area contributed by atoms with Crippen molar-refractivity contribution in [2.45, 2.75) is 58.5 Å². The van der Waals surface area contributed by atoms with Gasteiger partial charge >= 0.3 is 5.97 Å². The summed E-state index contributed by atoms with van der Waals surface area (Å²) in [6, 6.07) is 11.0. The molecule has 1 spiro atoms. The first-order chi connectivity index (χ1) is 19.8. The minimum absolute atomic E-state index is 0.000509. The van der Waals surface area contributed by atoms with Crippen molar-refractivity contribution in [3.63, 3.8) is 0 Å². The normalized spacial score (nSPS) is 20.4. The maximum Gasteiger partial charge on any atom is 0.335 e. The molecule has 218 valence electrons. The van der Waals surface area contributed by atoms with E-state index in [0.717, 1.165) is 67.2 Å². The van der Waals surface area contributed by atoms with Crippen LogP contribution < -0.4 is 9.47 Å². The monoisotopic (exact) mass is 562 g/mol. The molecule has 41 heavy (non-hydrogen) atoms. The Balaban J connectivity index is 1.24. The Hall–Kier alpha value is -3.65. The molecule has 2 saturated heterocycles. The van der Waals surface area contributed by atoms with Gasteiger partial charge < -0.3 is 19.5 Å². The molecule has 2 aliphatic heterocycles. The molecule has 8 heteroatoms. The van der Waals surface area contributed by atoms with E-state index in [9.17, 15) is 14.0 Å². The molecule has 0 radical (unpaired) electrons. The second-order valence-electron chi connectivity index (χ2n) is 11.4. The Morgan fingerprint density at radius 2 is 1.68 bits per heavy atom. The third-order valence-corrected chi connectivity index (χ3v) is 8.49. The van der Waals surface area contributed by atoms with Gasteiger partial charge in [0, 0.05) is 37.5 Å². The van der Waals surface area contributed by atoms with Crippen molar-refractivity contribution in [1.29, 1.82) is 0 Å². The molecule has 2 fully saturated rings. The summed E-state index contributed by atoms with van der Waals surface area (Å²) in [5.74, 6) is 0.596. The van der Waals surface area contributed by atoms with Crippen molar-refractivity contribution in [2.75, 3.05) is 32.8 Å². The first kappa shape index (κ1) is 28.9. The van der Waals surface area contributed by atoms with Gasteiger partial charge in [0.15, 0.2) is 0 Å². The van der Waals surface area contributed by atoms with Crippen molar-refractivity contribution in [3.05, 3.63) is 82.7 Å². The van der Waals surface area contributed by atoms with Crippen LogP contribution in [0.5, 0.6) is 11.5 Å². The Morgan fingerprint density at radius 3 is 2.24 bits per heavy atom. The van der Waals surface area contributed by atoms with Gasteiger partial charge in [-0.25, -0.2) is 9.18 Å². The fraction of sp³-hybridized carbons (Fsp3) is 0.455. The van der Waals surface area contributed by atoms with E-state index in [-0.39, 0.29) is 28.6 Å². The van der Waals surface area contributed by atoms with Crippen LogP contribution in [-0.2, 0) is 17.9 Å². The van der Waals surface area contributed by atoms with E-state index in [1.54, 1.807) is 30.3 Å². The average molecular weight is 563 g/mol. The topological polar surface area (TPSA) is 79.3 Å². The summed E-state index contributed by atoms with van der Waals surface area (Å²) in [5, 5.41) is 9.14. The third kappa shape index (κ3) is 6.64.